The van der Waals surface area contributed by atoms with Crippen molar-refractivity contribution in [2.75, 3.05) is 31.5 Å². The number of unbranched alkanes of at least 4 members (excludes halogenated alkanes) is 1. The first kappa shape index (κ1) is 30.8. The lowest BCUT2D eigenvalue weighted by Crippen LogP contribution is -2.54. The van der Waals surface area contributed by atoms with Crippen LogP contribution < -0.4 is 9.62 Å². The van der Waals surface area contributed by atoms with E-state index in [1.54, 1.807) is 0 Å². The van der Waals surface area contributed by atoms with Crippen LogP contribution in [0.3, 0.4) is 0 Å². The van der Waals surface area contributed by atoms with Crippen molar-refractivity contribution < 1.29 is 22.4 Å². The number of nitrogens with one attached hydrogen (secondary N) is 1. The summed E-state index contributed by atoms with van der Waals surface area (Å²) in [5.41, 5.74) is 1.36. The minimum atomic E-state index is -4.26. The van der Waals surface area contributed by atoms with Crippen molar-refractivity contribution in [1.29, 1.82) is 0 Å². The standard InChI is InChI=1S/C30H37FN4O4S/c1-4-5-20-32-30(37)28(21-24-14-8-6-9-15-24)34(22-25-16-10-7-11-17-25)29(36)23-35(40(38,39)33(2)3)27-19-13-12-18-26(27)31/h6-19,28H,4-5,20-23H2,1-3H3,(H,32,37). The molecule has 0 aliphatic rings. The summed E-state index contributed by atoms with van der Waals surface area (Å²) in [6.45, 7) is 1.83. The highest BCUT2D eigenvalue weighted by Gasteiger charge is 2.35. The van der Waals surface area contributed by atoms with E-state index in [2.05, 4.69) is 5.32 Å². The van der Waals surface area contributed by atoms with Crippen molar-refractivity contribution in [2.45, 2.75) is 38.8 Å². The summed E-state index contributed by atoms with van der Waals surface area (Å²) in [6.07, 6.45) is 1.88. The maximum Gasteiger partial charge on any atom is 0.304 e. The van der Waals surface area contributed by atoms with Gasteiger partial charge >= 0.3 is 10.2 Å². The van der Waals surface area contributed by atoms with E-state index in [1.165, 1.54) is 37.2 Å². The van der Waals surface area contributed by atoms with Gasteiger partial charge in [-0.25, -0.2) is 8.70 Å². The number of para-hydroxylation sites is 1. The summed E-state index contributed by atoms with van der Waals surface area (Å²) in [4.78, 5) is 29.0. The highest BCUT2D eigenvalue weighted by molar-refractivity contribution is 7.90. The molecule has 8 nitrogen and oxygen atoms in total. The summed E-state index contributed by atoms with van der Waals surface area (Å²) in [5.74, 6) is -1.76. The first-order chi connectivity index (χ1) is 19.1. The first-order valence-corrected chi connectivity index (χ1v) is 14.6. The van der Waals surface area contributed by atoms with Gasteiger partial charge in [0.15, 0.2) is 0 Å². The molecule has 0 heterocycles. The number of nitrogens with zero attached hydrogens (tertiary/aromatic N) is 3. The molecule has 0 fully saturated rings. The predicted molar refractivity (Wildman–Crippen MR) is 155 cm³/mol. The Hall–Kier alpha value is -3.76. The van der Waals surface area contributed by atoms with E-state index in [0.29, 0.717) is 6.54 Å². The third kappa shape index (κ3) is 8.12. The van der Waals surface area contributed by atoms with Crippen molar-refractivity contribution in [2.24, 2.45) is 0 Å². The van der Waals surface area contributed by atoms with E-state index < -0.39 is 34.5 Å². The van der Waals surface area contributed by atoms with Crippen molar-refractivity contribution in [3.63, 3.8) is 0 Å². The molecular formula is C30H37FN4O4S. The lowest BCUT2D eigenvalue weighted by Gasteiger charge is -2.34. The zero-order chi connectivity index (χ0) is 29.1. The smallest absolute Gasteiger partial charge is 0.304 e. The zero-order valence-electron chi connectivity index (χ0n) is 23.2. The summed E-state index contributed by atoms with van der Waals surface area (Å²) in [6, 6.07) is 23.0. The van der Waals surface area contributed by atoms with Gasteiger partial charge in [-0.2, -0.15) is 12.7 Å². The fourth-order valence-corrected chi connectivity index (χ4v) is 5.26. The summed E-state index contributed by atoms with van der Waals surface area (Å²) in [7, 11) is -1.63. The van der Waals surface area contributed by atoms with Crippen LogP contribution in [0.1, 0.15) is 30.9 Å². The van der Waals surface area contributed by atoms with Crippen molar-refractivity contribution >= 4 is 27.7 Å². The molecular weight excluding hydrogens is 531 g/mol. The molecule has 40 heavy (non-hydrogen) atoms. The number of anilines is 1. The van der Waals surface area contributed by atoms with Gasteiger partial charge in [-0.3, -0.25) is 9.59 Å². The number of benzene rings is 3. The Bertz CT molecular complexity index is 1350. The SMILES string of the molecule is CCCCNC(=O)C(Cc1ccccc1)N(Cc1ccccc1)C(=O)CN(c1ccccc1F)S(=O)(=O)N(C)C. The van der Waals surface area contributed by atoms with E-state index >= 15 is 0 Å². The number of amides is 2. The second kappa shape index (κ2) is 14.6. The van der Waals surface area contributed by atoms with Crippen molar-refractivity contribution in [3.05, 3.63) is 102 Å². The molecule has 3 aromatic rings. The van der Waals surface area contributed by atoms with E-state index in [-0.39, 0.29) is 24.6 Å². The van der Waals surface area contributed by atoms with Crippen LogP contribution in [0.25, 0.3) is 0 Å². The Kier molecular flexibility index (Phi) is 11.2. The topological polar surface area (TPSA) is 90.0 Å². The fraction of sp³-hybridized carbons (Fsp3) is 0.333. The second-order valence-corrected chi connectivity index (χ2v) is 11.7. The van der Waals surface area contributed by atoms with Gasteiger partial charge in [0, 0.05) is 33.6 Å². The van der Waals surface area contributed by atoms with Crippen LogP contribution in [0.2, 0.25) is 0 Å². The lowest BCUT2D eigenvalue weighted by molar-refractivity contribution is -0.140. The average Bonchev–Trinajstić information content (AvgIpc) is 2.95. The van der Waals surface area contributed by atoms with Gasteiger partial charge in [-0.1, -0.05) is 86.1 Å². The second-order valence-electron chi connectivity index (χ2n) is 9.61. The summed E-state index contributed by atoms with van der Waals surface area (Å²) in [5, 5.41) is 2.93. The molecule has 0 spiro atoms. The normalized spacial score (nSPS) is 12.1. The predicted octanol–water partition coefficient (Wildman–Crippen LogP) is 3.99. The van der Waals surface area contributed by atoms with E-state index in [0.717, 1.165) is 38.6 Å². The maximum atomic E-state index is 14.9. The molecule has 0 saturated carbocycles. The molecule has 0 bridgehead atoms. The van der Waals surface area contributed by atoms with E-state index in [1.807, 2.05) is 67.6 Å². The van der Waals surface area contributed by atoms with Crippen LogP contribution in [-0.2, 0) is 32.8 Å². The first-order valence-electron chi connectivity index (χ1n) is 13.2. The third-order valence-corrected chi connectivity index (χ3v) is 8.24. The molecule has 10 heteroatoms. The van der Waals surface area contributed by atoms with Crippen LogP contribution in [0, 0.1) is 5.82 Å². The van der Waals surface area contributed by atoms with Crippen LogP contribution in [-0.4, -0.2) is 62.7 Å². The van der Waals surface area contributed by atoms with Gasteiger partial charge in [-0.05, 0) is 29.7 Å². The van der Waals surface area contributed by atoms with Gasteiger partial charge in [0.1, 0.15) is 18.4 Å². The maximum absolute atomic E-state index is 14.9. The Labute approximate surface area is 236 Å². The summed E-state index contributed by atoms with van der Waals surface area (Å²) >= 11 is 0. The van der Waals surface area contributed by atoms with Gasteiger partial charge in [0.2, 0.25) is 11.8 Å². The molecule has 3 aromatic carbocycles. The molecule has 1 N–H and O–H groups in total. The minimum Gasteiger partial charge on any atom is -0.354 e. The third-order valence-electron chi connectivity index (χ3n) is 6.44. The molecule has 0 radical (unpaired) electrons. The van der Waals surface area contributed by atoms with Crippen LogP contribution in [0.15, 0.2) is 84.9 Å². The monoisotopic (exact) mass is 568 g/mol. The van der Waals surface area contributed by atoms with E-state index in [9.17, 15) is 22.4 Å². The molecule has 2 amide bonds. The summed E-state index contributed by atoms with van der Waals surface area (Å²) < 4.78 is 43.1. The van der Waals surface area contributed by atoms with Crippen molar-refractivity contribution in [3.8, 4) is 0 Å². The van der Waals surface area contributed by atoms with Crippen molar-refractivity contribution in [1.82, 2.24) is 14.5 Å². The van der Waals surface area contributed by atoms with Gasteiger partial charge in [0.05, 0.1) is 5.69 Å². The average molecular weight is 569 g/mol. The highest BCUT2D eigenvalue weighted by atomic mass is 32.2. The quantitative estimate of drug-likeness (QED) is 0.298. The number of carbonyl (C=O) groups is 2. The molecule has 0 aromatic heterocycles. The number of halogens is 1. The van der Waals surface area contributed by atoms with Gasteiger partial charge in [0.25, 0.3) is 0 Å². The highest BCUT2D eigenvalue weighted by Crippen LogP contribution is 2.24. The Morgan fingerprint density at radius 3 is 2.02 bits per heavy atom. The zero-order valence-corrected chi connectivity index (χ0v) is 24.0. The number of hydrogen-bond donors (Lipinski definition) is 1. The Morgan fingerprint density at radius 2 is 1.45 bits per heavy atom. The molecule has 1 unspecified atom stereocenters. The van der Waals surface area contributed by atoms with Crippen LogP contribution >= 0.6 is 0 Å². The Balaban J connectivity index is 2.06. The van der Waals surface area contributed by atoms with E-state index in [4.69, 9.17) is 0 Å². The molecule has 0 aliphatic heterocycles. The van der Waals surface area contributed by atoms with Gasteiger partial charge in [-0.15, -0.1) is 0 Å². The Morgan fingerprint density at radius 1 is 0.875 bits per heavy atom. The largest absolute Gasteiger partial charge is 0.354 e. The lowest BCUT2D eigenvalue weighted by atomic mass is 10.0. The van der Waals surface area contributed by atoms with Gasteiger partial charge < -0.3 is 10.2 Å². The fourth-order valence-electron chi connectivity index (χ4n) is 4.20. The van der Waals surface area contributed by atoms with Crippen LogP contribution in [0.4, 0.5) is 10.1 Å². The molecule has 1 atom stereocenters. The van der Waals surface area contributed by atoms with Crippen LogP contribution in [0.5, 0.6) is 0 Å². The molecule has 214 valence electrons. The molecule has 3 rings (SSSR count). The number of carbonyl (C=O) groups excluding carboxylic acids is 2. The minimum absolute atomic E-state index is 0.0610. The number of rotatable bonds is 14. The number of hydrogen-bond acceptors (Lipinski definition) is 4. The molecule has 0 saturated heterocycles. The molecule has 0 aliphatic carbocycles.